The van der Waals surface area contributed by atoms with Crippen molar-refractivity contribution >= 4 is 21.6 Å². The van der Waals surface area contributed by atoms with Gasteiger partial charge in [-0.3, -0.25) is 9.10 Å². The highest BCUT2D eigenvalue weighted by Gasteiger charge is 2.28. The Kier molecular flexibility index (Phi) is 8.40. The number of anilines is 1. The van der Waals surface area contributed by atoms with Crippen LogP contribution in [-0.4, -0.2) is 35.1 Å². The lowest BCUT2D eigenvalue weighted by molar-refractivity contribution is -0.120. The van der Waals surface area contributed by atoms with E-state index in [-0.39, 0.29) is 11.4 Å². The number of carbonyl (C=O) groups is 1. The van der Waals surface area contributed by atoms with Gasteiger partial charge in [-0.15, -0.1) is 0 Å². The van der Waals surface area contributed by atoms with E-state index >= 15 is 0 Å². The zero-order valence-corrected chi connectivity index (χ0v) is 21.5. The summed E-state index contributed by atoms with van der Waals surface area (Å²) in [4.78, 5) is 13.2. The number of sulfonamides is 1. The van der Waals surface area contributed by atoms with Crippen molar-refractivity contribution in [1.82, 2.24) is 5.32 Å². The molecule has 35 heavy (non-hydrogen) atoms. The number of hydrogen-bond donors (Lipinski definition) is 1. The highest BCUT2D eigenvalue weighted by Crippen LogP contribution is 2.30. The fraction of sp³-hybridized carbons (Fsp3) is 0.296. The van der Waals surface area contributed by atoms with Crippen molar-refractivity contribution < 1.29 is 22.7 Å². The number of methoxy groups -OCH3 is 2. The predicted octanol–water partition coefficient (Wildman–Crippen LogP) is 4.90. The largest absolute Gasteiger partial charge is 0.497 e. The fourth-order valence-electron chi connectivity index (χ4n) is 3.73. The van der Waals surface area contributed by atoms with Gasteiger partial charge in [0, 0.05) is 5.56 Å². The molecular formula is C27H32N2O5S. The Morgan fingerprint density at radius 1 is 0.914 bits per heavy atom. The molecule has 0 aliphatic heterocycles. The summed E-state index contributed by atoms with van der Waals surface area (Å²) in [7, 11) is -0.867. The lowest BCUT2D eigenvalue weighted by Gasteiger charge is -2.26. The van der Waals surface area contributed by atoms with Crippen molar-refractivity contribution in [1.29, 1.82) is 0 Å². The van der Waals surface area contributed by atoms with Crippen molar-refractivity contribution in [2.75, 3.05) is 25.1 Å². The molecule has 0 aliphatic rings. The van der Waals surface area contributed by atoms with Gasteiger partial charge in [0.15, 0.2) is 0 Å². The van der Waals surface area contributed by atoms with Gasteiger partial charge in [-0.1, -0.05) is 44.2 Å². The van der Waals surface area contributed by atoms with Crippen molar-refractivity contribution in [3.63, 3.8) is 0 Å². The second kappa shape index (κ2) is 11.3. The molecule has 0 saturated heterocycles. The Morgan fingerprint density at radius 3 is 2.14 bits per heavy atom. The highest BCUT2D eigenvalue weighted by molar-refractivity contribution is 7.92. The number of rotatable bonds is 10. The van der Waals surface area contributed by atoms with Crippen LogP contribution in [0.25, 0.3) is 0 Å². The lowest BCUT2D eigenvalue weighted by Crippen LogP contribution is -2.41. The maximum atomic E-state index is 13.5. The van der Waals surface area contributed by atoms with E-state index < -0.39 is 22.0 Å². The molecule has 1 amide bonds. The molecule has 3 aromatic rings. The van der Waals surface area contributed by atoms with Gasteiger partial charge in [0.05, 0.1) is 30.8 Å². The van der Waals surface area contributed by atoms with Crippen LogP contribution in [-0.2, 0) is 14.8 Å². The van der Waals surface area contributed by atoms with E-state index in [2.05, 4.69) is 19.2 Å². The number of nitrogens with one attached hydrogen (secondary N) is 1. The smallest absolute Gasteiger partial charge is 0.264 e. The summed E-state index contributed by atoms with van der Waals surface area (Å²) < 4.78 is 38.9. The second-order valence-electron chi connectivity index (χ2n) is 8.47. The Labute approximate surface area is 207 Å². The zero-order chi connectivity index (χ0) is 25.6. The Bertz CT molecular complexity index is 1240. The number of nitrogens with zero attached hydrogens (tertiary/aromatic N) is 1. The molecule has 8 heteroatoms. The van der Waals surface area contributed by atoms with Crippen LogP contribution in [0.3, 0.4) is 0 Å². The molecule has 3 aromatic carbocycles. The summed E-state index contributed by atoms with van der Waals surface area (Å²) in [5.41, 5.74) is 2.22. The summed E-state index contributed by atoms with van der Waals surface area (Å²) >= 11 is 0. The lowest BCUT2D eigenvalue weighted by atomic mass is 10.0. The molecule has 3 rings (SSSR count). The van der Waals surface area contributed by atoms with E-state index in [4.69, 9.17) is 9.47 Å². The predicted molar refractivity (Wildman–Crippen MR) is 138 cm³/mol. The highest BCUT2D eigenvalue weighted by atomic mass is 32.2. The van der Waals surface area contributed by atoms with Gasteiger partial charge in [-0.2, -0.15) is 0 Å². The molecule has 0 heterocycles. The maximum Gasteiger partial charge on any atom is 0.264 e. The molecule has 0 fully saturated rings. The first-order chi connectivity index (χ1) is 16.7. The van der Waals surface area contributed by atoms with Crippen molar-refractivity contribution in [3.8, 4) is 11.5 Å². The SMILES string of the molecule is COc1ccc(OC)c([C@@H](C)NC(=O)CN(c2ccc(C(C)C)cc2)S(=O)(=O)c2ccccc2)c1. The Morgan fingerprint density at radius 2 is 1.57 bits per heavy atom. The molecule has 1 atom stereocenters. The van der Waals surface area contributed by atoms with Gasteiger partial charge in [0.1, 0.15) is 18.0 Å². The molecule has 7 nitrogen and oxygen atoms in total. The summed E-state index contributed by atoms with van der Waals surface area (Å²) in [5.74, 6) is 1.07. The third-order valence-corrected chi connectivity index (χ3v) is 7.54. The van der Waals surface area contributed by atoms with E-state index in [9.17, 15) is 13.2 Å². The monoisotopic (exact) mass is 496 g/mol. The van der Waals surface area contributed by atoms with Gasteiger partial charge in [0.2, 0.25) is 5.91 Å². The van der Waals surface area contributed by atoms with Crippen LogP contribution in [0.2, 0.25) is 0 Å². The van der Waals surface area contributed by atoms with Crippen molar-refractivity contribution in [3.05, 3.63) is 83.9 Å². The second-order valence-corrected chi connectivity index (χ2v) is 10.3. The summed E-state index contributed by atoms with van der Waals surface area (Å²) in [6.45, 7) is 5.56. The normalized spacial score (nSPS) is 12.2. The van der Waals surface area contributed by atoms with Gasteiger partial charge in [0.25, 0.3) is 10.0 Å². The van der Waals surface area contributed by atoms with Crippen LogP contribution in [0.15, 0.2) is 77.7 Å². The molecule has 0 spiro atoms. The van der Waals surface area contributed by atoms with Crippen LogP contribution in [0.4, 0.5) is 5.69 Å². The average Bonchev–Trinajstić information content (AvgIpc) is 2.87. The molecule has 0 bridgehead atoms. The molecule has 0 radical (unpaired) electrons. The molecule has 186 valence electrons. The number of benzene rings is 3. The van der Waals surface area contributed by atoms with E-state index in [0.717, 1.165) is 15.4 Å². The summed E-state index contributed by atoms with van der Waals surface area (Å²) in [5, 5.41) is 2.90. The topological polar surface area (TPSA) is 84.9 Å². The van der Waals surface area contributed by atoms with Gasteiger partial charge in [-0.25, -0.2) is 8.42 Å². The standard InChI is InChI=1S/C27H32N2O5S/c1-19(2)21-11-13-22(14-12-21)29(35(31,32)24-9-7-6-8-10-24)18-27(30)28-20(3)25-17-23(33-4)15-16-26(25)34-5/h6-17,19-20H,18H2,1-5H3,(H,28,30)/t20-/m1/s1. The molecule has 1 N–H and O–H groups in total. The molecule has 0 saturated carbocycles. The first kappa shape index (κ1) is 26.1. The average molecular weight is 497 g/mol. The maximum absolute atomic E-state index is 13.5. The minimum absolute atomic E-state index is 0.114. The molecular weight excluding hydrogens is 464 g/mol. The molecule has 0 aliphatic carbocycles. The van der Waals surface area contributed by atoms with Crippen LogP contribution in [0, 0.1) is 0 Å². The van der Waals surface area contributed by atoms with Gasteiger partial charge < -0.3 is 14.8 Å². The van der Waals surface area contributed by atoms with Gasteiger partial charge >= 0.3 is 0 Å². The molecule has 0 unspecified atom stereocenters. The minimum atomic E-state index is -3.98. The number of carbonyl (C=O) groups excluding carboxylic acids is 1. The first-order valence-corrected chi connectivity index (χ1v) is 12.8. The quantitative estimate of drug-likeness (QED) is 0.432. The zero-order valence-electron chi connectivity index (χ0n) is 20.7. The van der Waals surface area contributed by atoms with Crippen LogP contribution >= 0.6 is 0 Å². The molecule has 0 aromatic heterocycles. The summed E-state index contributed by atoms with van der Waals surface area (Å²) in [6, 6.07) is 20.2. The summed E-state index contributed by atoms with van der Waals surface area (Å²) in [6.07, 6.45) is 0. The number of hydrogen-bond acceptors (Lipinski definition) is 5. The number of amides is 1. The van der Waals surface area contributed by atoms with Crippen LogP contribution in [0.1, 0.15) is 43.9 Å². The third-order valence-electron chi connectivity index (χ3n) is 5.75. The fourth-order valence-corrected chi connectivity index (χ4v) is 5.18. The van der Waals surface area contributed by atoms with Gasteiger partial charge in [-0.05, 0) is 60.9 Å². The Balaban J connectivity index is 1.91. The van der Waals surface area contributed by atoms with E-state index in [1.165, 1.54) is 12.1 Å². The van der Waals surface area contributed by atoms with E-state index in [1.54, 1.807) is 62.8 Å². The Hall–Kier alpha value is -3.52. The number of ether oxygens (including phenoxy) is 2. The van der Waals surface area contributed by atoms with E-state index in [0.29, 0.717) is 23.1 Å². The van der Waals surface area contributed by atoms with E-state index in [1.807, 2.05) is 19.1 Å². The van der Waals surface area contributed by atoms with Crippen LogP contribution < -0.4 is 19.1 Å². The minimum Gasteiger partial charge on any atom is -0.497 e. The van der Waals surface area contributed by atoms with Crippen molar-refractivity contribution in [2.24, 2.45) is 0 Å². The first-order valence-electron chi connectivity index (χ1n) is 11.4. The van der Waals surface area contributed by atoms with Crippen LogP contribution in [0.5, 0.6) is 11.5 Å². The third kappa shape index (κ3) is 6.14. The van der Waals surface area contributed by atoms with Crippen molar-refractivity contribution in [2.45, 2.75) is 37.6 Å².